The predicted molar refractivity (Wildman–Crippen MR) is 87.6 cm³/mol. The van der Waals surface area contributed by atoms with Gasteiger partial charge in [0, 0.05) is 0 Å². The van der Waals surface area contributed by atoms with Crippen molar-refractivity contribution in [1.29, 1.82) is 0 Å². The lowest BCUT2D eigenvalue weighted by Gasteiger charge is -2.36. The molecule has 0 amide bonds. The molecule has 19 heavy (non-hydrogen) atoms. The van der Waals surface area contributed by atoms with Gasteiger partial charge in [-0.05, 0) is 17.0 Å². The first-order valence-electron chi connectivity index (χ1n) is 7.14. The molecule has 0 N–H and O–H groups in total. The highest BCUT2D eigenvalue weighted by atomic mass is 28.3. The lowest BCUT2D eigenvalue weighted by Crippen LogP contribution is -2.49. The van der Waals surface area contributed by atoms with Gasteiger partial charge in [0.1, 0.15) is 0 Å². The molecule has 1 heteroatoms. The smallest absolute Gasteiger partial charge is 0.0650 e. The average Bonchev–Trinajstić information content (AvgIpc) is 2.40. The minimum Gasteiger partial charge on any atom is -0.0650 e. The Morgan fingerprint density at radius 2 is 1.21 bits per heavy atom. The molecule has 0 spiro atoms. The lowest BCUT2D eigenvalue weighted by molar-refractivity contribution is 0.607. The molecule has 0 heterocycles. The van der Waals surface area contributed by atoms with E-state index in [0.717, 1.165) is 0 Å². The zero-order valence-corrected chi connectivity index (χ0v) is 13.4. The van der Waals surface area contributed by atoms with Crippen molar-refractivity contribution in [1.82, 2.24) is 0 Å². The molecular weight excluding hydrogens is 244 g/mol. The van der Waals surface area contributed by atoms with Crippen molar-refractivity contribution in [2.24, 2.45) is 5.92 Å². The fraction of sp³-hybridized carbons (Fsp3) is 0.333. The molecule has 0 nitrogen and oxygen atoms in total. The van der Waals surface area contributed by atoms with E-state index in [-0.39, 0.29) is 0 Å². The molecule has 0 fully saturated rings. The van der Waals surface area contributed by atoms with Gasteiger partial charge in [0.25, 0.3) is 0 Å². The van der Waals surface area contributed by atoms with Gasteiger partial charge in [-0.3, -0.25) is 0 Å². The summed E-state index contributed by atoms with van der Waals surface area (Å²) in [6, 6.07) is 22.1. The van der Waals surface area contributed by atoms with Crippen molar-refractivity contribution in [3.05, 3.63) is 66.2 Å². The minimum atomic E-state index is -1.51. The van der Waals surface area contributed by atoms with Crippen LogP contribution in [-0.4, -0.2) is 8.07 Å². The summed E-state index contributed by atoms with van der Waals surface area (Å²) in [5.74, 6) is 0.671. The summed E-state index contributed by atoms with van der Waals surface area (Å²) in [5, 5.41) is 1.55. The molecule has 0 aliphatic heterocycles. The zero-order chi connectivity index (χ0) is 13.9. The fourth-order valence-electron chi connectivity index (χ4n) is 3.34. The molecule has 0 aliphatic rings. The third-order valence-corrected chi connectivity index (χ3v) is 8.50. The van der Waals surface area contributed by atoms with E-state index in [1.54, 1.807) is 5.19 Å². The van der Waals surface area contributed by atoms with E-state index in [1.807, 2.05) is 0 Å². The molecule has 0 bridgehead atoms. The second-order valence-electron chi connectivity index (χ2n) is 6.22. The summed E-state index contributed by atoms with van der Waals surface area (Å²) in [7, 11) is -1.51. The summed E-state index contributed by atoms with van der Waals surface area (Å²) >= 11 is 0. The summed E-state index contributed by atoms with van der Waals surface area (Å²) in [5.41, 5.74) is 2.16. The van der Waals surface area contributed by atoms with Crippen LogP contribution in [-0.2, 0) is 0 Å². The van der Waals surface area contributed by atoms with Gasteiger partial charge in [0.2, 0.25) is 0 Å². The zero-order valence-electron chi connectivity index (χ0n) is 12.4. The standard InChI is InChI=1S/C18H24Si/c1-15(2)18(16-11-7-5-8-12-16)19(3,4)17-13-9-6-10-14-17/h5-15,18H,1-4H3/t18-/m1/s1. The molecule has 0 radical (unpaired) electrons. The first kappa shape index (κ1) is 14.1. The Labute approximate surface area is 118 Å². The van der Waals surface area contributed by atoms with Crippen molar-refractivity contribution < 1.29 is 0 Å². The predicted octanol–water partition coefficient (Wildman–Crippen LogP) is 4.58. The highest BCUT2D eigenvalue weighted by Gasteiger charge is 2.36. The van der Waals surface area contributed by atoms with Crippen molar-refractivity contribution in [3.8, 4) is 0 Å². The molecule has 0 saturated carbocycles. The molecule has 2 rings (SSSR count). The Morgan fingerprint density at radius 3 is 1.68 bits per heavy atom. The highest BCUT2D eigenvalue weighted by Crippen LogP contribution is 2.33. The van der Waals surface area contributed by atoms with Crippen LogP contribution < -0.4 is 5.19 Å². The molecule has 0 unspecified atom stereocenters. The van der Waals surface area contributed by atoms with Crippen LogP contribution in [0.3, 0.4) is 0 Å². The van der Waals surface area contributed by atoms with Crippen molar-refractivity contribution in [2.75, 3.05) is 0 Å². The van der Waals surface area contributed by atoms with Gasteiger partial charge in [0.05, 0.1) is 8.07 Å². The van der Waals surface area contributed by atoms with Gasteiger partial charge in [-0.25, -0.2) is 0 Å². The first-order chi connectivity index (χ1) is 9.03. The quantitative estimate of drug-likeness (QED) is 0.712. The maximum atomic E-state index is 2.50. The number of rotatable bonds is 4. The van der Waals surface area contributed by atoms with Gasteiger partial charge in [0.15, 0.2) is 0 Å². The van der Waals surface area contributed by atoms with Crippen LogP contribution in [0.4, 0.5) is 0 Å². The Kier molecular flexibility index (Phi) is 4.26. The molecule has 2 aromatic carbocycles. The topological polar surface area (TPSA) is 0 Å². The molecule has 0 aliphatic carbocycles. The second-order valence-corrected chi connectivity index (χ2v) is 10.9. The molecule has 0 aromatic heterocycles. The molecule has 100 valence electrons. The maximum absolute atomic E-state index is 2.50. The number of benzene rings is 2. The van der Waals surface area contributed by atoms with Crippen LogP contribution in [0.5, 0.6) is 0 Å². The van der Waals surface area contributed by atoms with Gasteiger partial charge in [-0.1, -0.05) is 92.8 Å². The molecule has 2 aromatic rings. The van der Waals surface area contributed by atoms with Gasteiger partial charge in [-0.15, -0.1) is 0 Å². The van der Waals surface area contributed by atoms with Crippen LogP contribution >= 0.6 is 0 Å². The van der Waals surface area contributed by atoms with Gasteiger partial charge in [-0.2, -0.15) is 0 Å². The third-order valence-electron chi connectivity index (χ3n) is 4.12. The van der Waals surface area contributed by atoms with Crippen molar-refractivity contribution in [3.63, 3.8) is 0 Å². The summed E-state index contributed by atoms with van der Waals surface area (Å²) in [4.78, 5) is 0. The second kappa shape index (κ2) is 5.75. The summed E-state index contributed by atoms with van der Waals surface area (Å²) in [6.07, 6.45) is 0. The lowest BCUT2D eigenvalue weighted by atomic mass is 10.0. The van der Waals surface area contributed by atoms with Crippen LogP contribution in [0.1, 0.15) is 25.0 Å². The normalized spacial score (nSPS) is 13.5. The van der Waals surface area contributed by atoms with Gasteiger partial charge >= 0.3 is 0 Å². The Morgan fingerprint density at radius 1 is 0.737 bits per heavy atom. The Bertz CT molecular complexity index is 500. The van der Waals surface area contributed by atoms with Crippen LogP contribution in [0.25, 0.3) is 0 Å². The van der Waals surface area contributed by atoms with E-state index < -0.39 is 8.07 Å². The first-order valence-corrected chi connectivity index (χ1v) is 10.2. The van der Waals surface area contributed by atoms with Crippen LogP contribution in [0, 0.1) is 5.92 Å². The molecular formula is C18H24Si. The van der Waals surface area contributed by atoms with Crippen molar-refractivity contribution >= 4 is 13.3 Å². The largest absolute Gasteiger partial charge is 0.0882 e. The highest BCUT2D eigenvalue weighted by molar-refractivity contribution is 6.90. The fourth-order valence-corrected chi connectivity index (χ4v) is 7.45. The van der Waals surface area contributed by atoms with E-state index in [2.05, 4.69) is 87.6 Å². The monoisotopic (exact) mass is 268 g/mol. The SMILES string of the molecule is CC(C)[C@H](c1ccccc1)[Si](C)(C)c1ccccc1. The van der Waals surface area contributed by atoms with Crippen LogP contribution in [0.15, 0.2) is 60.7 Å². The minimum absolute atomic E-state index is 0.663. The van der Waals surface area contributed by atoms with E-state index in [9.17, 15) is 0 Å². The maximum Gasteiger partial charge on any atom is 0.0882 e. The summed E-state index contributed by atoms with van der Waals surface area (Å²) < 4.78 is 0. The number of hydrogen-bond acceptors (Lipinski definition) is 0. The summed E-state index contributed by atoms with van der Waals surface area (Å²) in [6.45, 7) is 9.71. The van der Waals surface area contributed by atoms with Crippen molar-refractivity contribution in [2.45, 2.75) is 32.5 Å². The number of hydrogen-bond donors (Lipinski definition) is 0. The van der Waals surface area contributed by atoms with E-state index >= 15 is 0 Å². The van der Waals surface area contributed by atoms with Gasteiger partial charge < -0.3 is 0 Å². The van der Waals surface area contributed by atoms with E-state index in [0.29, 0.717) is 11.5 Å². The Balaban J connectivity index is 2.45. The molecule has 1 atom stereocenters. The van der Waals surface area contributed by atoms with E-state index in [4.69, 9.17) is 0 Å². The third kappa shape index (κ3) is 2.98. The molecule has 0 saturated heterocycles. The van der Waals surface area contributed by atoms with Crippen LogP contribution in [0.2, 0.25) is 13.1 Å². The van der Waals surface area contributed by atoms with E-state index in [1.165, 1.54) is 5.56 Å². The average molecular weight is 268 g/mol. The Hall–Kier alpha value is -1.34.